The third kappa shape index (κ3) is 5.20. The van der Waals surface area contributed by atoms with Gasteiger partial charge in [0.2, 0.25) is 0 Å². The standard InChI is InChI=1S/C18H22FNO/c1-18(2,3)20-12-15-6-4-5-7-17(15)21-13-14-8-10-16(19)11-9-14/h4-11,20H,12-13H2,1-3H3. The molecule has 112 valence electrons. The molecule has 21 heavy (non-hydrogen) atoms. The first-order chi connectivity index (χ1) is 9.94. The Balaban J connectivity index is 2.01. The van der Waals surface area contributed by atoms with E-state index in [9.17, 15) is 4.39 Å². The van der Waals surface area contributed by atoms with Crippen molar-refractivity contribution in [2.75, 3.05) is 0 Å². The van der Waals surface area contributed by atoms with Crippen LogP contribution in [0.2, 0.25) is 0 Å². The van der Waals surface area contributed by atoms with E-state index in [0.717, 1.165) is 23.4 Å². The zero-order chi connectivity index (χ0) is 15.3. The summed E-state index contributed by atoms with van der Waals surface area (Å²) in [5.41, 5.74) is 2.13. The summed E-state index contributed by atoms with van der Waals surface area (Å²) < 4.78 is 18.7. The van der Waals surface area contributed by atoms with E-state index in [2.05, 4.69) is 32.2 Å². The molecule has 0 aromatic heterocycles. The molecule has 2 aromatic rings. The van der Waals surface area contributed by atoms with Crippen molar-refractivity contribution < 1.29 is 9.13 Å². The Labute approximate surface area is 126 Å². The van der Waals surface area contributed by atoms with Crippen LogP contribution in [-0.2, 0) is 13.2 Å². The fourth-order valence-corrected chi connectivity index (χ4v) is 1.89. The van der Waals surface area contributed by atoms with Crippen LogP contribution >= 0.6 is 0 Å². The Bertz CT molecular complexity index is 573. The van der Waals surface area contributed by atoms with Gasteiger partial charge in [-0.3, -0.25) is 0 Å². The second kappa shape index (κ2) is 6.72. The summed E-state index contributed by atoms with van der Waals surface area (Å²) in [6.07, 6.45) is 0. The lowest BCUT2D eigenvalue weighted by Gasteiger charge is -2.21. The summed E-state index contributed by atoms with van der Waals surface area (Å²) in [5.74, 6) is 0.632. The van der Waals surface area contributed by atoms with E-state index in [-0.39, 0.29) is 11.4 Å². The monoisotopic (exact) mass is 287 g/mol. The van der Waals surface area contributed by atoms with Gasteiger partial charge in [-0.2, -0.15) is 0 Å². The minimum Gasteiger partial charge on any atom is -0.489 e. The minimum absolute atomic E-state index is 0.0596. The van der Waals surface area contributed by atoms with Crippen molar-refractivity contribution in [2.24, 2.45) is 0 Å². The summed E-state index contributed by atoms with van der Waals surface area (Å²) in [6.45, 7) is 7.59. The summed E-state index contributed by atoms with van der Waals surface area (Å²) in [7, 11) is 0. The molecular weight excluding hydrogens is 265 g/mol. The number of ether oxygens (including phenoxy) is 1. The Hall–Kier alpha value is -1.87. The van der Waals surface area contributed by atoms with Crippen LogP contribution in [-0.4, -0.2) is 5.54 Å². The number of nitrogens with one attached hydrogen (secondary N) is 1. The normalized spacial score (nSPS) is 11.4. The molecule has 0 radical (unpaired) electrons. The molecule has 0 aliphatic heterocycles. The van der Waals surface area contributed by atoms with Gasteiger partial charge < -0.3 is 10.1 Å². The molecule has 0 atom stereocenters. The first-order valence-electron chi connectivity index (χ1n) is 7.14. The maximum absolute atomic E-state index is 12.9. The Morgan fingerprint density at radius 3 is 2.33 bits per heavy atom. The van der Waals surface area contributed by atoms with E-state index in [0.29, 0.717) is 6.61 Å². The maximum Gasteiger partial charge on any atom is 0.124 e. The largest absolute Gasteiger partial charge is 0.489 e. The van der Waals surface area contributed by atoms with E-state index in [1.807, 2.05) is 18.2 Å². The van der Waals surface area contributed by atoms with Gasteiger partial charge in [-0.05, 0) is 44.5 Å². The van der Waals surface area contributed by atoms with Crippen LogP contribution < -0.4 is 10.1 Å². The molecule has 0 amide bonds. The molecule has 0 heterocycles. The van der Waals surface area contributed by atoms with Gasteiger partial charge in [0.1, 0.15) is 18.2 Å². The summed E-state index contributed by atoms with van der Waals surface area (Å²) in [6, 6.07) is 14.4. The fraction of sp³-hybridized carbons (Fsp3) is 0.333. The molecule has 2 rings (SSSR count). The zero-order valence-corrected chi connectivity index (χ0v) is 12.8. The topological polar surface area (TPSA) is 21.3 Å². The van der Waals surface area contributed by atoms with E-state index >= 15 is 0 Å². The van der Waals surface area contributed by atoms with Gasteiger partial charge in [0.05, 0.1) is 0 Å². The van der Waals surface area contributed by atoms with Crippen LogP contribution in [0.3, 0.4) is 0 Å². The molecule has 0 saturated heterocycles. The molecule has 2 aromatic carbocycles. The van der Waals surface area contributed by atoms with Gasteiger partial charge in [0.25, 0.3) is 0 Å². The highest BCUT2D eigenvalue weighted by atomic mass is 19.1. The van der Waals surface area contributed by atoms with Crippen molar-refractivity contribution in [2.45, 2.75) is 39.5 Å². The molecule has 0 spiro atoms. The molecule has 2 nitrogen and oxygen atoms in total. The summed E-state index contributed by atoms with van der Waals surface area (Å²) in [5, 5.41) is 3.45. The number of halogens is 1. The van der Waals surface area contributed by atoms with E-state index in [4.69, 9.17) is 4.74 Å². The Morgan fingerprint density at radius 2 is 1.67 bits per heavy atom. The van der Waals surface area contributed by atoms with E-state index in [1.165, 1.54) is 12.1 Å². The molecule has 0 unspecified atom stereocenters. The van der Waals surface area contributed by atoms with Crippen LogP contribution in [0, 0.1) is 5.82 Å². The van der Waals surface area contributed by atoms with Crippen molar-refractivity contribution in [1.82, 2.24) is 5.32 Å². The molecule has 1 N–H and O–H groups in total. The van der Waals surface area contributed by atoms with Crippen LogP contribution in [0.4, 0.5) is 4.39 Å². The Kier molecular flexibility index (Phi) is 4.97. The molecule has 3 heteroatoms. The second-order valence-corrected chi connectivity index (χ2v) is 6.13. The highest BCUT2D eigenvalue weighted by Crippen LogP contribution is 2.20. The molecule has 0 aliphatic carbocycles. The first kappa shape index (κ1) is 15.5. The van der Waals surface area contributed by atoms with Crippen molar-refractivity contribution in [3.8, 4) is 5.75 Å². The lowest BCUT2D eigenvalue weighted by atomic mass is 10.1. The second-order valence-electron chi connectivity index (χ2n) is 6.13. The number of para-hydroxylation sites is 1. The third-order valence-corrected chi connectivity index (χ3v) is 3.09. The molecule has 0 fully saturated rings. The van der Waals surface area contributed by atoms with E-state index in [1.54, 1.807) is 12.1 Å². The highest BCUT2D eigenvalue weighted by molar-refractivity contribution is 5.33. The fourth-order valence-electron chi connectivity index (χ4n) is 1.89. The van der Waals surface area contributed by atoms with E-state index < -0.39 is 0 Å². The molecule has 0 bridgehead atoms. The first-order valence-corrected chi connectivity index (χ1v) is 7.14. The molecule has 0 saturated carbocycles. The molecule has 0 aliphatic rings. The quantitative estimate of drug-likeness (QED) is 0.885. The van der Waals surface area contributed by atoms with Gasteiger partial charge in [0, 0.05) is 17.6 Å². The smallest absolute Gasteiger partial charge is 0.124 e. The lowest BCUT2D eigenvalue weighted by Crippen LogP contribution is -2.35. The average molecular weight is 287 g/mol. The lowest BCUT2D eigenvalue weighted by molar-refractivity contribution is 0.300. The van der Waals surface area contributed by atoms with Crippen molar-refractivity contribution in [3.63, 3.8) is 0 Å². The zero-order valence-electron chi connectivity index (χ0n) is 12.8. The minimum atomic E-state index is -0.228. The van der Waals surface area contributed by atoms with Gasteiger partial charge in [-0.1, -0.05) is 30.3 Å². The van der Waals surface area contributed by atoms with Crippen molar-refractivity contribution >= 4 is 0 Å². The van der Waals surface area contributed by atoms with Gasteiger partial charge in [0.15, 0.2) is 0 Å². The van der Waals surface area contributed by atoms with Gasteiger partial charge in [-0.25, -0.2) is 4.39 Å². The third-order valence-electron chi connectivity index (χ3n) is 3.09. The van der Waals surface area contributed by atoms with Crippen molar-refractivity contribution in [3.05, 3.63) is 65.5 Å². The predicted molar refractivity (Wildman–Crippen MR) is 83.8 cm³/mol. The molecular formula is C18H22FNO. The van der Waals surface area contributed by atoms with Crippen LogP contribution in [0.25, 0.3) is 0 Å². The van der Waals surface area contributed by atoms with Gasteiger partial charge >= 0.3 is 0 Å². The Morgan fingerprint density at radius 1 is 1.00 bits per heavy atom. The average Bonchev–Trinajstić information content (AvgIpc) is 2.44. The van der Waals surface area contributed by atoms with Gasteiger partial charge in [-0.15, -0.1) is 0 Å². The predicted octanol–water partition coefficient (Wildman–Crippen LogP) is 4.29. The highest BCUT2D eigenvalue weighted by Gasteiger charge is 2.10. The number of hydrogen-bond acceptors (Lipinski definition) is 2. The van der Waals surface area contributed by atoms with Crippen molar-refractivity contribution in [1.29, 1.82) is 0 Å². The van der Waals surface area contributed by atoms with Crippen LogP contribution in [0.15, 0.2) is 48.5 Å². The summed E-state index contributed by atoms with van der Waals surface area (Å²) >= 11 is 0. The number of benzene rings is 2. The summed E-state index contributed by atoms with van der Waals surface area (Å²) in [4.78, 5) is 0. The number of hydrogen-bond donors (Lipinski definition) is 1. The number of rotatable bonds is 5. The maximum atomic E-state index is 12.9. The van der Waals surface area contributed by atoms with Crippen LogP contribution in [0.5, 0.6) is 5.75 Å². The van der Waals surface area contributed by atoms with Crippen LogP contribution in [0.1, 0.15) is 31.9 Å². The SMILES string of the molecule is CC(C)(C)NCc1ccccc1OCc1ccc(F)cc1.